The predicted molar refractivity (Wildman–Crippen MR) is 128 cm³/mol. The number of guanidine groups is 1. The lowest BCUT2D eigenvalue weighted by molar-refractivity contribution is -0.137. The van der Waals surface area contributed by atoms with Crippen molar-refractivity contribution in [2.24, 2.45) is 4.99 Å². The topological polar surface area (TPSA) is 55.3 Å². The number of halogens is 4. The molecule has 0 spiro atoms. The lowest BCUT2D eigenvalue weighted by Gasteiger charge is -2.35. The minimum atomic E-state index is -4.34. The third kappa shape index (κ3) is 8.58. The molecule has 182 valence electrons. The van der Waals surface area contributed by atoms with Crippen LogP contribution in [-0.4, -0.2) is 69.6 Å². The van der Waals surface area contributed by atoms with Crippen molar-refractivity contribution in [2.45, 2.75) is 50.5 Å². The molecule has 1 aromatic rings. The van der Waals surface area contributed by atoms with Crippen LogP contribution in [0, 0.1) is 0 Å². The van der Waals surface area contributed by atoms with Crippen LogP contribution in [0.5, 0.6) is 5.75 Å². The van der Waals surface area contributed by atoms with Gasteiger partial charge in [-0.05, 0) is 56.4 Å². The lowest BCUT2D eigenvalue weighted by Crippen LogP contribution is -2.48. The summed E-state index contributed by atoms with van der Waals surface area (Å²) in [6.45, 7) is 4.07. The standard InChI is InChI=1S/C22H32F3N3O3.HI/c1-26-21(27-11-15-30-18-7-5-17(6-8-18)22(23,24)25)28-12-9-19(10-13-28)31-16-20-4-2-3-14-29-20;/h5-8,19-20H,2-4,9-16H2,1H3,(H,26,27);1H. The summed E-state index contributed by atoms with van der Waals surface area (Å²) < 4.78 is 55.1. The van der Waals surface area contributed by atoms with Gasteiger partial charge in [0, 0.05) is 26.7 Å². The average Bonchev–Trinajstić information content (AvgIpc) is 2.79. The number of hydrogen-bond acceptors (Lipinski definition) is 4. The summed E-state index contributed by atoms with van der Waals surface area (Å²) in [7, 11) is 1.74. The van der Waals surface area contributed by atoms with Crippen LogP contribution >= 0.6 is 24.0 Å². The maximum Gasteiger partial charge on any atom is 0.416 e. The molecule has 1 atom stereocenters. The first-order valence-corrected chi connectivity index (χ1v) is 10.9. The molecule has 10 heteroatoms. The van der Waals surface area contributed by atoms with Crippen molar-refractivity contribution in [2.75, 3.05) is 46.5 Å². The number of rotatable bonds is 7. The van der Waals surface area contributed by atoms with Gasteiger partial charge in [-0.3, -0.25) is 4.99 Å². The van der Waals surface area contributed by atoms with Crippen LogP contribution in [0.4, 0.5) is 13.2 Å². The summed E-state index contributed by atoms with van der Waals surface area (Å²) >= 11 is 0. The highest BCUT2D eigenvalue weighted by Gasteiger charge is 2.30. The second-order valence-corrected chi connectivity index (χ2v) is 7.85. The van der Waals surface area contributed by atoms with Crippen LogP contribution in [-0.2, 0) is 15.7 Å². The van der Waals surface area contributed by atoms with Gasteiger partial charge in [-0.15, -0.1) is 24.0 Å². The quantitative estimate of drug-likeness (QED) is 0.229. The van der Waals surface area contributed by atoms with Crippen LogP contribution in [0.2, 0.25) is 0 Å². The first kappa shape index (κ1) is 27.0. The smallest absolute Gasteiger partial charge is 0.416 e. The van der Waals surface area contributed by atoms with Crippen molar-refractivity contribution in [3.63, 3.8) is 0 Å². The maximum atomic E-state index is 12.6. The summed E-state index contributed by atoms with van der Waals surface area (Å²) in [5, 5.41) is 3.25. The molecule has 3 rings (SSSR count). The van der Waals surface area contributed by atoms with E-state index in [1.165, 1.54) is 18.6 Å². The molecule has 2 fully saturated rings. The molecule has 1 aromatic carbocycles. The predicted octanol–water partition coefficient (Wildman–Crippen LogP) is 4.33. The average molecular weight is 571 g/mol. The zero-order valence-electron chi connectivity index (χ0n) is 18.4. The highest BCUT2D eigenvalue weighted by molar-refractivity contribution is 14.0. The van der Waals surface area contributed by atoms with Crippen molar-refractivity contribution >= 4 is 29.9 Å². The number of nitrogens with one attached hydrogen (secondary N) is 1. The first-order chi connectivity index (χ1) is 15.0. The fraction of sp³-hybridized carbons (Fsp3) is 0.682. The van der Waals surface area contributed by atoms with Crippen LogP contribution in [0.15, 0.2) is 29.3 Å². The molecule has 0 saturated carbocycles. The molecule has 0 aliphatic carbocycles. The first-order valence-electron chi connectivity index (χ1n) is 10.9. The van der Waals surface area contributed by atoms with E-state index in [1.807, 2.05) is 0 Å². The molecule has 1 unspecified atom stereocenters. The third-order valence-corrected chi connectivity index (χ3v) is 5.58. The summed E-state index contributed by atoms with van der Waals surface area (Å²) in [6, 6.07) is 4.71. The second kappa shape index (κ2) is 13.4. The molecule has 0 radical (unpaired) electrons. The SMILES string of the molecule is CN=C(NCCOc1ccc(C(F)(F)F)cc1)N1CCC(OCC2CCCCO2)CC1.I. The second-order valence-electron chi connectivity index (χ2n) is 7.85. The van der Waals surface area contributed by atoms with E-state index in [4.69, 9.17) is 14.2 Å². The van der Waals surface area contributed by atoms with Crippen molar-refractivity contribution in [1.82, 2.24) is 10.2 Å². The third-order valence-electron chi connectivity index (χ3n) is 5.58. The van der Waals surface area contributed by atoms with Gasteiger partial charge in [-0.25, -0.2) is 0 Å². The van der Waals surface area contributed by atoms with E-state index in [-0.39, 0.29) is 36.2 Å². The van der Waals surface area contributed by atoms with Gasteiger partial charge < -0.3 is 24.4 Å². The van der Waals surface area contributed by atoms with Crippen molar-refractivity contribution in [3.05, 3.63) is 29.8 Å². The Hall–Kier alpha value is -1.27. The van der Waals surface area contributed by atoms with E-state index in [0.29, 0.717) is 25.5 Å². The highest BCUT2D eigenvalue weighted by Crippen LogP contribution is 2.30. The number of aliphatic imine (C=N–C) groups is 1. The Labute approximate surface area is 204 Å². The van der Waals surface area contributed by atoms with E-state index in [9.17, 15) is 13.2 Å². The molecule has 2 aliphatic heterocycles. The van der Waals surface area contributed by atoms with Gasteiger partial charge in [0.05, 0.1) is 30.9 Å². The molecule has 2 heterocycles. The molecule has 0 aromatic heterocycles. The van der Waals surface area contributed by atoms with Crippen LogP contribution in [0.25, 0.3) is 0 Å². The largest absolute Gasteiger partial charge is 0.492 e. The molecule has 6 nitrogen and oxygen atoms in total. The van der Waals surface area contributed by atoms with E-state index in [2.05, 4.69) is 15.2 Å². The molecule has 2 aliphatic rings. The number of benzene rings is 1. The Morgan fingerprint density at radius 2 is 1.88 bits per heavy atom. The molecule has 0 bridgehead atoms. The lowest BCUT2D eigenvalue weighted by atomic mass is 10.1. The van der Waals surface area contributed by atoms with Gasteiger partial charge in [0.1, 0.15) is 12.4 Å². The van der Waals surface area contributed by atoms with Crippen molar-refractivity contribution in [3.8, 4) is 5.75 Å². The van der Waals surface area contributed by atoms with E-state index in [1.54, 1.807) is 7.05 Å². The Balaban J connectivity index is 0.00000363. The number of piperidine rings is 1. The fourth-order valence-electron chi connectivity index (χ4n) is 3.82. The van der Waals surface area contributed by atoms with Gasteiger partial charge in [-0.1, -0.05) is 0 Å². The van der Waals surface area contributed by atoms with Gasteiger partial charge in [0.2, 0.25) is 0 Å². The van der Waals surface area contributed by atoms with Gasteiger partial charge in [-0.2, -0.15) is 13.2 Å². The number of nitrogens with zero attached hydrogens (tertiary/aromatic N) is 2. The van der Waals surface area contributed by atoms with E-state index < -0.39 is 11.7 Å². The monoisotopic (exact) mass is 571 g/mol. The van der Waals surface area contributed by atoms with E-state index >= 15 is 0 Å². The molecule has 0 amide bonds. The summed E-state index contributed by atoms with van der Waals surface area (Å²) in [5.41, 5.74) is -0.683. The fourth-order valence-corrected chi connectivity index (χ4v) is 3.82. The Kier molecular flexibility index (Phi) is 11.3. The van der Waals surface area contributed by atoms with Crippen LogP contribution in [0.1, 0.15) is 37.7 Å². The number of alkyl halides is 3. The van der Waals surface area contributed by atoms with Crippen molar-refractivity contribution < 1.29 is 27.4 Å². The minimum Gasteiger partial charge on any atom is -0.492 e. The molecular weight excluding hydrogens is 538 g/mol. The summed E-state index contributed by atoms with van der Waals surface area (Å²) in [6.07, 6.45) is 1.49. The molecule has 2 saturated heterocycles. The Bertz CT molecular complexity index is 690. The molecule has 32 heavy (non-hydrogen) atoms. The molecular formula is C22H33F3IN3O3. The molecule has 1 N–H and O–H groups in total. The zero-order chi connectivity index (χ0) is 22.1. The van der Waals surface area contributed by atoms with Crippen LogP contribution in [0.3, 0.4) is 0 Å². The van der Waals surface area contributed by atoms with Crippen LogP contribution < -0.4 is 10.1 Å². The Morgan fingerprint density at radius 1 is 1.16 bits per heavy atom. The number of likely N-dealkylation sites (tertiary alicyclic amines) is 1. The van der Waals surface area contributed by atoms with Gasteiger partial charge >= 0.3 is 6.18 Å². The minimum absolute atomic E-state index is 0. The van der Waals surface area contributed by atoms with Crippen molar-refractivity contribution in [1.29, 1.82) is 0 Å². The maximum absolute atomic E-state index is 12.6. The zero-order valence-corrected chi connectivity index (χ0v) is 20.7. The highest BCUT2D eigenvalue weighted by atomic mass is 127. The number of ether oxygens (including phenoxy) is 3. The summed E-state index contributed by atoms with van der Waals surface area (Å²) in [5.74, 6) is 1.20. The van der Waals surface area contributed by atoms with E-state index in [0.717, 1.165) is 63.5 Å². The number of hydrogen-bond donors (Lipinski definition) is 1. The van der Waals surface area contributed by atoms with Gasteiger partial charge in [0.25, 0.3) is 0 Å². The van der Waals surface area contributed by atoms with Gasteiger partial charge in [0.15, 0.2) is 5.96 Å². The Morgan fingerprint density at radius 3 is 2.47 bits per heavy atom. The summed E-state index contributed by atoms with van der Waals surface area (Å²) in [4.78, 5) is 6.52. The normalized spacial score (nSPS) is 20.6.